The Bertz CT molecular complexity index is 989. The number of nitrogens with zero attached hydrogens (tertiary/aromatic N) is 3. The molecule has 27 heavy (non-hydrogen) atoms. The maximum absolute atomic E-state index is 12.7. The van der Waals surface area contributed by atoms with E-state index >= 15 is 0 Å². The zero-order chi connectivity index (χ0) is 19.1. The summed E-state index contributed by atoms with van der Waals surface area (Å²) in [4.78, 5) is 16.6. The van der Waals surface area contributed by atoms with Crippen molar-refractivity contribution in [3.63, 3.8) is 0 Å². The van der Waals surface area contributed by atoms with Crippen LogP contribution in [0.25, 0.3) is 5.76 Å². The molecule has 0 bridgehead atoms. The predicted octanol–water partition coefficient (Wildman–Crippen LogP) is 5.38. The lowest BCUT2D eigenvalue weighted by molar-refractivity contribution is -0.112. The number of aromatic nitrogens is 1. The molecule has 0 atom stereocenters. The van der Waals surface area contributed by atoms with E-state index in [0.29, 0.717) is 22.0 Å². The molecule has 0 aliphatic rings. The average Bonchev–Trinajstić information content (AvgIpc) is 2.70. The number of carbonyl (C=O) groups excluding carboxylic acids is 1. The lowest BCUT2D eigenvalue weighted by Crippen LogP contribution is -2.15. The number of nitrogens with one attached hydrogen (secondary N) is 1. The van der Waals surface area contributed by atoms with Gasteiger partial charge >= 0.3 is 0 Å². The fraction of sp³-hybridized carbons (Fsp3) is 0. The Morgan fingerprint density at radius 2 is 1.74 bits per heavy atom. The van der Waals surface area contributed by atoms with E-state index in [-0.39, 0.29) is 11.5 Å². The van der Waals surface area contributed by atoms with Crippen LogP contribution in [0.1, 0.15) is 5.56 Å². The third-order valence-electron chi connectivity index (χ3n) is 3.52. The molecule has 0 fully saturated rings. The average molecular weight is 379 g/mol. The van der Waals surface area contributed by atoms with E-state index in [4.69, 9.17) is 11.6 Å². The number of hydrogen-bond donors (Lipinski definition) is 2. The van der Waals surface area contributed by atoms with Crippen LogP contribution in [0.3, 0.4) is 0 Å². The van der Waals surface area contributed by atoms with E-state index in [2.05, 4.69) is 20.5 Å². The highest BCUT2D eigenvalue weighted by molar-refractivity contribution is 6.32. The number of halogens is 1. The molecular formula is C20H15ClN4O2. The van der Waals surface area contributed by atoms with Gasteiger partial charge in [-0.3, -0.25) is 9.78 Å². The number of aliphatic hydroxyl groups is 1. The van der Waals surface area contributed by atoms with Gasteiger partial charge in [-0.05, 0) is 24.3 Å². The fourth-order valence-electron chi connectivity index (χ4n) is 2.20. The Kier molecular flexibility index (Phi) is 5.91. The van der Waals surface area contributed by atoms with Gasteiger partial charge in [-0.25, -0.2) is 0 Å². The standard InChI is InChI=1S/C20H15ClN4O2/c21-16-10-4-5-11-17(16)24-25-18(19(26)14-7-2-1-3-8-14)20(27)23-15-9-6-12-22-13-15/h1-13,26H,(H,23,27)/b19-18+,25-24?. The molecule has 7 heteroatoms. The summed E-state index contributed by atoms with van der Waals surface area (Å²) in [6.45, 7) is 0. The summed E-state index contributed by atoms with van der Waals surface area (Å²) in [7, 11) is 0. The minimum absolute atomic E-state index is 0.245. The molecule has 1 amide bonds. The van der Waals surface area contributed by atoms with Gasteiger partial charge in [-0.15, -0.1) is 10.2 Å². The first-order valence-electron chi connectivity index (χ1n) is 8.01. The molecule has 0 aliphatic heterocycles. The Hall–Kier alpha value is -3.51. The van der Waals surface area contributed by atoms with E-state index in [1.54, 1.807) is 72.9 Å². The Labute approximate surface area is 160 Å². The van der Waals surface area contributed by atoms with Crippen molar-refractivity contribution in [2.45, 2.75) is 0 Å². The van der Waals surface area contributed by atoms with E-state index in [0.717, 1.165) is 0 Å². The van der Waals surface area contributed by atoms with E-state index < -0.39 is 5.91 Å². The SMILES string of the molecule is O=C(Nc1cccnc1)/C(N=Nc1ccccc1Cl)=C(\O)c1ccccc1. The molecule has 2 aromatic carbocycles. The molecule has 6 nitrogen and oxygen atoms in total. The molecule has 0 saturated carbocycles. The molecule has 0 unspecified atom stereocenters. The lowest BCUT2D eigenvalue weighted by Gasteiger charge is -2.07. The van der Waals surface area contributed by atoms with E-state index in [9.17, 15) is 9.90 Å². The lowest BCUT2D eigenvalue weighted by atomic mass is 10.1. The second kappa shape index (κ2) is 8.73. The number of aliphatic hydroxyl groups excluding tert-OH is 1. The number of azo groups is 1. The summed E-state index contributed by atoms with van der Waals surface area (Å²) >= 11 is 6.07. The van der Waals surface area contributed by atoms with Gasteiger partial charge in [0.25, 0.3) is 5.91 Å². The van der Waals surface area contributed by atoms with Crippen molar-refractivity contribution in [1.29, 1.82) is 0 Å². The normalized spacial score (nSPS) is 11.9. The van der Waals surface area contributed by atoms with Gasteiger partial charge in [0.15, 0.2) is 11.5 Å². The quantitative estimate of drug-likeness (QED) is 0.354. The highest BCUT2D eigenvalue weighted by atomic mass is 35.5. The van der Waals surface area contributed by atoms with Gasteiger partial charge in [0.05, 0.1) is 16.9 Å². The van der Waals surface area contributed by atoms with Crippen LogP contribution in [0.5, 0.6) is 0 Å². The maximum atomic E-state index is 12.7. The largest absolute Gasteiger partial charge is 0.505 e. The Morgan fingerprint density at radius 3 is 2.44 bits per heavy atom. The number of rotatable bonds is 5. The number of hydrogen-bond acceptors (Lipinski definition) is 5. The van der Waals surface area contributed by atoms with Gasteiger partial charge in [0.2, 0.25) is 0 Å². The van der Waals surface area contributed by atoms with Gasteiger partial charge in [0.1, 0.15) is 5.69 Å². The first-order chi connectivity index (χ1) is 13.1. The molecular weight excluding hydrogens is 364 g/mol. The molecule has 134 valence electrons. The van der Waals surface area contributed by atoms with Crippen molar-refractivity contribution in [3.8, 4) is 0 Å². The molecule has 3 rings (SSSR count). The van der Waals surface area contributed by atoms with E-state index in [1.165, 1.54) is 6.20 Å². The van der Waals surface area contributed by atoms with Crippen molar-refractivity contribution in [1.82, 2.24) is 4.98 Å². The summed E-state index contributed by atoms with van der Waals surface area (Å²) in [6, 6.07) is 18.8. The first-order valence-corrected chi connectivity index (χ1v) is 8.39. The van der Waals surface area contributed by atoms with Crippen molar-refractivity contribution in [3.05, 3.63) is 95.4 Å². The molecule has 3 aromatic rings. The highest BCUT2D eigenvalue weighted by Crippen LogP contribution is 2.26. The summed E-state index contributed by atoms with van der Waals surface area (Å²) in [5.74, 6) is -0.923. The number of pyridine rings is 1. The van der Waals surface area contributed by atoms with Crippen molar-refractivity contribution < 1.29 is 9.90 Å². The Balaban J connectivity index is 1.98. The number of anilines is 1. The zero-order valence-electron chi connectivity index (χ0n) is 14.1. The molecule has 2 N–H and O–H groups in total. The summed E-state index contributed by atoms with van der Waals surface area (Å²) < 4.78 is 0. The van der Waals surface area contributed by atoms with Gasteiger partial charge in [-0.1, -0.05) is 54.1 Å². The highest BCUT2D eigenvalue weighted by Gasteiger charge is 2.17. The molecule has 0 saturated heterocycles. The van der Waals surface area contributed by atoms with Crippen LogP contribution in [0.2, 0.25) is 5.02 Å². The van der Waals surface area contributed by atoms with Crippen LogP contribution in [0, 0.1) is 0 Å². The van der Waals surface area contributed by atoms with Crippen LogP contribution in [0.15, 0.2) is 95.0 Å². The minimum Gasteiger partial charge on any atom is -0.505 e. The summed E-state index contributed by atoms with van der Waals surface area (Å²) in [6.07, 6.45) is 3.07. The number of amides is 1. The topological polar surface area (TPSA) is 86.9 Å². The Morgan fingerprint density at radius 1 is 1.00 bits per heavy atom. The smallest absolute Gasteiger partial charge is 0.280 e. The third-order valence-corrected chi connectivity index (χ3v) is 3.84. The van der Waals surface area contributed by atoms with E-state index in [1.807, 2.05) is 0 Å². The summed E-state index contributed by atoms with van der Waals surface area (Å²) in [5, 5.41) is 21.6. The minimum atomic E-state index is -0.625. The predicted molar refractivity (Wildman–Crippen MR) is 105 cm³/mol. The molecule has 0 radical (unpaired) electrons. The number of carbonyl (C=O) groups is 1. The summed E-state index contributed by atoms with van der Waals surface area (Å²) in [5.41, 5.74) is 1.04. The molecule has 1 heterocycles. The number of benzene rings is 2. The van der Waals surface area contributed by atoms with Crippen molar-refractivity contribution in [2.24, 2.45) is 10.2 Å². The second-order valence-electron chi connectivity index (χ2n) is 5.41. The van der Waals surface area contributed by atoms with Crippen LogP contribution in [-0.2, 0) is 4.79 Å². The first kappa shape index (κ1) is 18.3. The molecule has 0 aliphatic carbocycles. The molecule has 0 spiro atoms. The fourth-order valence-corrected chi connectivity index (χ4v) is 2.37. The van der Waals surface area contributed by atoms with Gasteiger partial charge < -0.3 is 10.4 Å². The van der Waals surface area contributed by atoms with Crippen LogP contribution < -0.4 is 5.32 Å². The van der Waals surface area contributed by atoms with Crippen LogP contribution >= 0.6 is 11.6 Å². The zero-order valence-corrected chi connectivity index (χ0v) is 14.8. The maximum Gasteiger partial charge on any atom is 0.280 e. The molecule has 1 aromatic heterocycles. The monoisotopic (exact) mass is 378 g/mol. The third kappa shape index (κ3) is 4.77. The second-order valence-corrected chi connectivity index (χ2v) is 5.82. The van der Waals surface area contributed by atoms with Crippen molar-refractivity contribution >= 4 is 34.6 Å². The van der Waals surface area contributed by atoms with Crippen LogP contribution in [0.4, 0.5) is 11.4 Å². The van der Waals surface area contributed by atoms with Crippen molar-refractivity contribution in [2.75, 3.05) is 5.32 Å². The van der Waals surface area contributed by atoms with Gasteiger partial charge in [-0.2, -0.15) is 0 Å². The van der Waals surface area contributed by atoms with Crippen LogP contribution in [-0.4, -0.2) is 16.0 Å². The van der Waals surface area contributed by atoms with Gasteiger partial charge in [0, 0.05) is 11.8 Å².